The van der Waals surface area contributed by atoms with Gasteiger partial charge in [-0.3, -0.25) is 4.79 Å². The average Bonchev–Trinajstić information content (AvgIpc) is 2.44. The Morgan fingerprint density at radius 3 is 2.14 bits per heavy atom. The second kappa shape index (κ2) is 4.99. The van der Waals surface area contributed by atoms with Crippen molar-refractivity contribution in [2.75, 3.05) is 26.2 Å². The van der Waals surface area contributed by atoms with E-state index < -0.39 is 0 Å². The number of likely N-dealkylation sites (tertiary alicyclic amines) is 1. The number of amides is 1. The summed E-state index contributed by atoms with van der Waals surface area (Å²) in [5, 5.41) is 3.43. The summed E-state index contributed by atoms with van der Waals surface area (Å²) in [6.07, 6.45) is 2.38. The number of carbonyl (C=O) groups is 1. The Kier molecular flexibility index (Phi) is 4.20. The molecule has 0 saturated carbocycles. The number of halogens is 1. The van der Waals surface area contributed by atoms with Gasteiger partial charge in [0, 0.05) is 20.0 Å². The molecule has 0 aromatic heterocycles. The summed E-state index contributed by atoms with van der Waals surface area (Å²) in [5.74, 6) is 1.89. The van der Waals surface area contributed by atoms with Gasteiger partial charge in [0.15, 0.2) is 0 Å². The van der Waals surface area contributed by atoms with Gasteiger partial charge in [0.25, 0.3) is 0 Å². The van der Waals surface area contributed by atoms with Crippen LogP contribution in [-0.4, -0.2) is 37.0 Å². The highest BCUT2D eigenvalue weighted by molar-refractivity contribution is 5.85. The van der Waals surface area contributed by atoms with E-state index in [-0.39, 0.29) is 18.3 Å². The van der Waals surface area contributed by atoms with Gasteiger partial charge in [0.05, 0.1) is 0 Å². The van der Waals surface area contributed by atoms with Crippen molar-refractivity contribution in [1.82, 2.24) is 10.2 Å². The molecule has 2 aliphatic rings. The van der Waals surface area contributed by atoms with Crippen molar-refractivity contribution < 1.29 is 4.79 Å². The first-order valence-corrected chi connectivity index (χ1v) is 5.23. The molecule has 2 rings (SSSR count). The van der Waals surface area contributed by atoms with Crippen LogP contribution in [0.5, 0.6) is 0 Å². The molecule has 1 N–H and O–H groups in total. The van der Waals surface area contributed by atoms with Gasteiger partial charge in [-0.15, -0.1) is 12.4 Å². The third-order valence-electron chi connectivity index (χ3n) is 3.46. The van der Waals surface area contributed by atoms with E-state index in [0.717, 1.165) is 38.0 Å². The Morgan fingerprint density at radius 1 is 1.21 bits per heavy atom. The molecule has 0 aromatic carbocycles. The molecule has 2 saturated heterocycles. The van der Waals surface area contributed by atoms with Crippen molar-refractivity contribution in [2.45, 2.75) is 19.8 Å². The molecule has 2 atom stereocenters. The van der Waals surface area contributed by atoms with E-state index in [2.05, 4.69) is 5.32 Å². The summed E-state index contributed by atoms with van der Waals surface area (Å²) in [4.78, 5) is 13.2. The normalized spacial score (nSPS) is 31.6. The third-order valence-corrected chi connectivity index (χ3v) is 3.46. The molecular weight excluding hydrogens is 200 g/mol. The van der Waals surface area contributed by atoms with Crippen molar-refractivity contribution in [3.8, 4) is 0 Å². The lowest BCUT2D eigenvalue weighted by molar-refractivity contribution is -0.128. The fourth-order valence-corrected chi connectivity index (χ4v) is 2.53. The maximum Gasteiger partial charge on any atom is 0.219 e. The van der Waals surface area contributed by atoms with Gasteiger partial charge < -0.3 is 10.2 Å². The monoisotopic (exact) mass is 218 g/mol. The van der Waals surface area contributed by atoms with Crippen LogP contribution in [0, 0.1) is 11.8 Å². The smallest absolute Gasteiger partial charge is 0.219 e. The molecule has 14 heavy (non-hydrogen) atoms. The Bertz CT molecular complexity index is 196. The van der Waals surface area contributed by atoms with Crippen LogP contribution in [0.1, 0.15) is 19.8 Å². The molecule has 1 amide bonds. The van der Waals surface area contributed by atoms with E-state index in [4.69, 9.17) is 0 Å². The second-order valence-corrected chi connectivity index (χ2v) is 4.26. The topological polar surface area (TPSA) is 32.3 Å². The van der Waals surface area contributed by atoms with Crippen LogP contribution in [-0.2, 0) is 4.79 Å². The first-order valence-electron chi connectivity index (χ1n) is 5.23. The zero-order chi connectivity index (χ0) is 9.26. The largest absolute Gasteiger partial charge is 0.343 e. The Labute approximate surface area is 91.6 Å². The number of nitrogens with zero attached hydrogens (tertiary/aromatic N) is 1. The molecule has 0 unspecified atom stereocenters. The second-order valence-electron chi connectivity index (χ2n) is 4.26. The number of carbonyl (C=O) groups excluding carboxylic acids is 1. The molecule has 3 nitrogen and oxygen atoms in total. The first-order chi connectivity index (χ1) is 6.27. The van der Waals surface area contributed by atoms with E-state index in [1.54, 1.807) is 6.92 Å². The molecule has 0 spiro atoms. The summed E-state index contributed by atoms with van der Waals surface area (Å²) >= 11 is 0. The minimum atomic E-state index is 0. The predicted octanol–water partition coefficient (Wildman–Crippen LogP) is 0.886. The lowest BCUT2D eigenvalue weighted by Crippen LogP contribution is -2.30. The number of hydrogen-bond acceptors (Lipinski definition) is 2. The van der Waals surface area contributed by atoms with Gasteiger partial charge in [-0.1, -0.05) is 0 Å². The highest BCUT2D eigenvalue weighted by Crippen LogP contribution is 2.26. The Morgan fingerprint density at radius 2 is 1.71 bits per heavy atom. The van der Waals surface area contributed by atoms with Gasteiger partial charge in [-0.05, 0) is 37.8 Å². The van der Waals surface area contributed by atoms with Crippen LogP contribution in [0.2, 0.25) is 0 Å². The number of fused-ring (bicyclic) bond motifs is 1. The van der Waals surface area contributed by atoms with Crippen LogP contribution in [0.3, 0.4) is 0 Å². The molecule has 2 aliphatic heterocycles. The van der Waals surface area contributed by atoms with Gasteiger partial charge in [-0.2, -0.15) is 0 Å². The van der Waals surface area contributed by atoms with Crippen molar-refractivity contribution >= 4 is 18.3 Å². The lowest BCUT2D eigenvalue weighted by atomic mass is 9.92. The molecule has 0 bridgehead atoms. The highest BCUT2D eigenvalue weighted by atomic mass is 35.5. The predicted molar refractivity (Wildman–Crippen MR) is 58.6 cm³/mol. The van der Waals surface area contributed by atoms with Crippen LogP contribution in [0.25, 0.3) is 0 Å². The minimum absolute atomic E-state index is 0. The van der Waals surface area contributed by atoms with Crippen LogP contribution in [0.4, 0.5) is 0 Å². The number of hydrogen-bond donors (Lipinski definition) is 1. The summed E-state index contributed by atoms with van der Waals surface area (Å²) in [6, 6.07) is 0. The van der Waals surface area contributed by atoms with Gasteiger partial charge in [0.1, 0.15) is 0 Å². The molecule has 82 valence electrons. The van der Waals surface area contributed by atoms with E-state index in [9.17, 15) is 4.79 Å². The molecule has 0 aromatic rings. The highest BCUT2D eigenvalue weighted by Gasteiger charge is 2.30. The molecule has 4 heteroatoms. The van der Waals surface area contributed by atoms with Crippen LogP contribution < -0.4 is 5.32 Å². The SMILES string of the molecule is CC(=O)N1CC[C@@H]2CNC[C@@H]2CC1.Cl. The number of nitrogens with one attached hydrogen (secondary N) is 1. The first kappa shape index (κ1) is 11.8. The fourth-order valence-electron chi connectivity index (χ4n) is 2.53. The molecule has 0 aliphatic carbocycles. The van der Waals surface area contributed by atoms with Crippen molar-refractivity contribution in [2.24, 2.45) is 11.8 Å². The molecule has 0 radical (unpaired) electrons. The standard InChI is InChI=1S/C10H18N2O.ClH/c1-8(13)12-4-2-9-6-11-7-10(9)3-5-12;/h9-11H,2-7H2,1H3;1H/t9-,10+;. The van der Waals surface area contributed by atoms with Crippen LogP contribution in [0.15, 0.2) is 0 Å². The molecule has 2 fully saturated rings. The van der Waals surface area contributed by atoms with E-state index in [1.165, 1.54) is 12.8 Å². The Hall–Kier alpha value is -0.280. The van der Waals surface area contributed by atoms with Crippen LogP contribution >= 0.6 is 12.4 Å². The van der Waals surface area contributed by atoms with Crippen molar-refractivity contribution in [1.29, 1.82) is 0 Å². The number of rotatable bonds is 0. The third kappa shape index (κ3) is 2.39. The Balaban J connectivity index is 0.000000980. The van der Waals surface area contributed by atoms with E-state index in [0.29, 0.717) is 0 Å². The molecular formula is C10H19ClN2O. The van der Waals surface area contributed by atoms with Crippen molar-refractivity contribution in [3.05, 3.63) is 0 Å². The van der Waals surface area contributed by atoms with Gasteiger partial charge in [0.2, 0.25) is 5.91 Å². The van der Waals surface area contributed by atoms with Gasteiger partial charge in [-0.25, -0.2) is 0 Å². The summed E-state index contributed by atoms with van der Waals surface area (Å²) in [6.45, 7) is 5.95. The zero-order valence-electron chi connectivity index (χ0n) is 8.66. The quantitative estimate of drug-likeness (QED) is 0.655. The fraction of sp³-hybridized carbons (Fsp3) is 0.900. The molecule has 2 heterocycles. The maximum atomic E-state index is 11.2. The van der Waals surface area contributed by atoms with E-state index >= 15 is 0 Å². The van der Waals surface area contributed by atoms with Crippen molar-refractivity contribution in [3.63, 3.8) is 0 Å². The summed E-state index contributed by atoms with van der Waals surface area (Å²) < 4.78 is 0. The zero-order valence-corrected chi connectivity index (χ0v) is 9.48. The summed E-state index contributed by atoms with van der Waals surface area (Å²) in [5.41, 5.74) is 0. The summed E-state index contributed by atoms with van der Waals surface area (Å²) in [7, 11) is 0. The van der Waals surface area contributed by atoms with E-state index in [1.807, 2.05) is 4.90 Å². The average molecular weight is 219 g/mol. The minimum Gasteiger partial charge on any atom is -0.343 e. The lowest BCUT2D eigenvalue weighted by Gasteiger charge is -2.18. The van der Waals surface area contributed by atoms with Gasteiger partial charge >= 0.3 is 0 Å². The maximum absolute atomic E-state index is 11.2.